The van der Waals surface area contributed by atoms with E-state index in [1.54, 1.807) is 18.2 Å². The Morgan fingerprint density at radius 3 is 2.50 bits per heavy atom. The van der Waals surface area contributed by atoms with Crippen LogP contribution in [0.5, 0.6) is 5.75 Å². The molecular weight excluding hydrogens is 352 g/mol. The molecule has 0 radical (unpaired) electrons. The quantitative estimate of drug-likeness (QED) is 0.793. The molecule has 2 aromatic rings. The molecule has 3 amide bonds. The van der Waals surface area contributed by atoms with Crippen molar-refractivity contribution in [2.24, 2.45) is 0 Å². The predicted octanol–water partition coefficient (Wildman–Crippen LogP) is 2.86. The van der Waals surface area contributed by atoms with Crippen molar-refractivity contribution >= 4 is 34.9 Å². The number of rotatable bonds is 5. The van der Waals surface area contributed by atoms with E-state index in [9.17, 15) is 19.5 Å². The van der Waals surface area contributed by atoms with Gasteiger partial charge in [-0.15, -0.1) is 0 Å². The van der Waals surface area contributed by atoms with Gasteiger partial charge in [-0.05, 0) is 35.5 Å². The fourth-order valence-electron chi connectivity index (χ4n) is 2.44. The zero-order chi connectivity index (χ0) is 18.5. The summed E-state index contributed by atoms with van der Waals surface area (Å²) < 4.78 is 0. The number of hydrogen-bond donors (Lipinski definition) is 2. The molecule has 6 nitrogen and oxygen atoms in total. The Balaban J connectivity index is 1.59. The minimum absolute atomic E-state index is 0.0656. The molecule has 0 aromatic heterocycles. The summed E-state index contributed by atoms with van der Waals surface area (Å²) in [6.45, 7) is 0.167. The molecule has 0 spiro atoms. The minimum Gasteiger partial charge on any atom is -0.507 e. The summed E-state index contributed by atoms with van der Waals surface area (Å²) in [5.41, 5.74) is 0.983. The van der Waals surface area contributed by atoms with Crippen LogP contribution in [-0.4, -0.2) is 40.1 Å². The van der Waals surface area contributed by atoms with Crippen LogP contribution in [0.3, 0.4) is 0 Å². The number of para-hydroxylation sites is 1. The van der Waals surface area contributed by atoms with Gasteiger partial charge in [-0.3, -0.25) is 19.3 Å². The highest BCUT2D eigenvalue weighted by Gasteiger charge is 2.34. The van der Waals surface area contributed by atoms with Crippen LogP contribution in [0.25, 0.3) is 6.08 Å². The van der Waals surface area contributed by atoms with E-state index in [0.29, 0.717) is 4.91 Å². The van der Waals surface area contributed by atoms with Crippen molar-refractivity contribution in [2.75, 3.05) is 13.1 Å². The van der Waals surface area contributed by atoms with E-state index in [4.69, 9.17) is 0 Å². The number of benzene rings is 2. The third-order valence-corrected chi connectivity index (χ3v) is 4.65. The van der Waals surface area contributed by atoms with Crippen LogP contribution >= 0.6 is 11.8 Å². The highest BCUT2D eigenvalue weighted by Crippen LogP contribution is 2.31. The number of hydrogen-bond acceptors (Lipinski definition) is 5. The van der Waals surface area contributed by atoms with Crippen molar-refractivity contribution in [1.82, 2.24) is 10.2 Å². The number of carbonyl (C=O) groups excluding carboxylic acids is 3. The first-order valence-corrected chi connectivity index (χ1v) is 8.74. The Morgan fingerprint density at radius 1 is 1.08 bits per heavy atom. The number of imide groups is 1. The van der Waals surface area contributed by atoms with E-state index in [1.165, 1.54) is 12.1 Å². The van der Waals surface area contributed by atoms with Crippen molar-refractivity contribution in [3.63, 3.8) is 0 Å². The summed E-state index contributed by atoms with van der Waals surface area (Å²) in [5.74, 6) is -0.961. The number of aromatic hydroxyl groups is 1. The SMILES string of the molecule is O=C(NCCN1C(=O)S/C(=C/c2ccccc2)C1=O)c1ccccc1O. The lowest BCUT2D eigenvalue weighted by molar-refractivity contribution is -0.122. The second-order valence-corrected chi connectivity index (χ2v) is 6.51. The van der Waals surface area contributed by atoms with Crippen molar-refractivity contribution in [1.29, 1.82) is 0 Å². The molecule has 0 bridgehead atoms. The number of carbonyl (C=O) groups is 3. The maximum Gasteiger partial charge on any atom is 0.293 e. The molecular formula is C19H16N2O4S. The van der Waals surface area contributed by atoms with Gasteiger partial charge in [-0.1, -0.05) is 42.5 Å². The van der Waals surface area contributed by atoms with Crippen LogP contribution in [0.4, 0.5) is 4.79 Å². The molecule has 2 N–H and O–H groups in total. The molecule has 3 rings (SSSR count). The molecule has 1 aliphatic heterocycles. The van der Waals surface area contributed by atoms with Crippen molar-refractivity contribution < 1.29 is 19.5 Å². The number of thioether (sulfide) groups is 1. The van der Waals surface area contributed by atoms with E-state index in [-0.39, 0.29) is 35.5 Å². The van der Waals surface area contributed by atoms with Gasteiger partial charge in [0.2, 0.25) is 0 Å². The molecule has 2 aromatic carbocycles. The van der Waals surface area contributed by atoms with E-state index in [1.807, 2.05) is 30.3 Å². The van der Waals surface area contributed by atoms with Crippen LogP contribution < -0.4 is 5.32 Å². The van der Waals surface area contributed by atoms with Gasteiger partial charge < -0.3 is 10.4 Å². The standard InChI is InChI=1S/C19H16N2O4S/c22-15-9-5-4-8-14(15)17(23)20-10-11-21-18(24)16(26-19(21)25)12-13-6-2-1-3-7-13/h1-9,12,22H,10-11H2,(H,20,23)/b16-12+. The third-order valence-electron chi connectivity index (χ3n) is 3.74. The highest BCUT2D eigenvalue weighted by molar-refractivity contribution is 8.18. The summed E-state index contributed by atoms with van der Waals surface area (Å²) in [7, 11) is 0. The lowest BCUT2D eigenvalue weighted by Gasteiger charge is -2.13. The van der Waals surface area contributed by atoms with Gasteiger partial charge in [0.15, 0.2) is 0 Å². The predicted molar refractivity (Wildman–Crippen MR) is 99.6 cm³/mol. The van der Waals surface area contributed by atoms with Gasteiger partial charge in [0, 0.05) is 13.1 Å². The van der Waals surface area contributed by atoms with Gasteiger partial charge in [0.05, 0.1) is 10.5 Å². The van der Waals surface area contributed by atoms with E-state index < -0.39 is 5.91 Å². The number of nitrogens with one attached hydrogen (secondary N) is 1. The number of phenolic OH excluding ortho intramolecular Hbond substituents is 1. The smallest absolute Gasteiger partial charge is 0.293 e. The second-order valence-electron chi connectivity index (χ2n) is 5.52. The van der Waals surface area contributed by atoms with Gasteiger partial charge >= 0.3 is 0 Å². The summed E-state index contributed by atoms with van der Waals surface area (Å²) in [4.78, 5) is 37.9. The Hall–Kier alpha value is -3.06. The van der Waals surface area contributed by atoms with Gasteiger partial charge in [0.1, 0.15) is 5.75 Å². The third kappa shape index (κ3) is 3.94. The average Bonchev–Trinajstić information content (AvgIpc) is 2.90. The van der Waals surface area contributed by atoms with Crippen LogP contribution in [0.2, 0.25) is 0 Å². The Kier molecular flexibility index (Phi) is 5.38. The minimum atomic E-state index is -0.463. The van der Waals surface area contributed by atoms with E-state index in [0.717, 1.165) is 22.2 Å². The Morgan fingerprint density at radius 2 is 1.77 bits per heavy atom. The highest BCUT2D eigenvalue weighted by atomic mass is 32.2. The maximum atomic E-state index is 12.4. The molecule has 1 fully saturated rings. The van der Waals surface area contributed by atoms with Crippen LogP contribution in [0, 0.1) is 0 Å². The van der Waals surface area contributed by atoms with Crippen LogP contribution in [0.1, 0.15) is 15.9 Å². The summed E-state index contributed by atoms with van der Waals surface area (Å²) in [5, 5.41) is 11.9. The first-order valence-electron chi connectivity index (χ1n) is 7.93. The van der Waals surface area contributed by atoms with Crippen molar-refractivity contribution in [3.05, 3.63) is 70.6 Å². The van der Waals surface area contributed by atoms with Gasteiger partial charge in [-0.25, -0.2) is 0 Å². The topological polar surface area (TPSA) is 86.7 Å². The maximum absolute atomic E-state index is 12.4. The lowest BCUT2D eigenvalue weighted by Crippen LogP contribution is -2.37. The monoisotopic (exact) mass is 368 g/mol. The number of amides is 3. The van der Waals surface area contributed by atoms with Gasteiger partial charge in [-0.2, -0.15) is 0 Å². The normalized spacial score (nSPS) is 15.5. The molecule has 0 unspecified atom stereocenters. The first-order chi connectivity index (χ1) is 12.6. The molecule has 1 heterocycles. The van der Waals surface area contributed by atoms with E-state index >= 15 is 0 Å². The van der Waals surface area contributed by atoms with Crippen molar-refractivity contribution in [2.45, 2.75) is 0 Å². The van der Waals surface area contributed by atoms with E-state index in [2.05, 4.69) is 5.32 Å². The molecule has 132 valence electrons. The lowest BCUT2D eigenvalue weighted by atomic mass is 10.2. The largest absolute Gasteiger partial charge is 0.507 e. The molecule has 1 saturated heterocycles. The average molecular weight is 368 g/mol. The molecule has 26 heavy (non-hydrogen) atoms. The molecule has 0 aliphatic carbocycles. The molecule has 1 aliphatic rings. The first kappa shape index (κ1) is 17.8. The van der Waals surface area contributed by atoms with Gasteiger partial charge in [0.25, 0.3) is 17.1 Å². The fourth-order valence-corrected chi connectivity index (χ4v) is 3.30. The number of nitrogens with zero attached hydrogens (tertiary/aromatic N) is 1. The fraction of sp³-hybridized carbons (Fsp3) is 0.105. The van der Waals surface area contributed by atoms with Crippen LogP contribution in [-0.2, 0) is 4.79 Å². The molecule has 7 heteroatoms. The number of phenols is 1. The Bertz CT molecular complexity index is 880. The Labute approximate surface area is 154 Å². The summed E-state index contributed by atoms with van der Waals surface area (Å²) in [6.07, 6.45) is 1.67. The summed E-state index contributed by atoms with van der Waals surface area (Å²) in [6, 6.07) is 15.4. The molecule has 0 saturated carbocycles. The summed E-state index contributed by atoms with van der Waals surface area (Å²) >= 11 is 0.880. The van der Waals surface area contributed by atoms with Crippen LogP contribution in [0.15, 0.2) is 59.5 Å². The second kappa shape index (κ2) is 7.88. The zero-order valence-electron chi connectivity index (χ0n) is 13.7. The van der Waals surface area contributed by atoms with Crippen molar-refractivity contribution in [3.8, 4) is 5.75 Å². The molecule has 0 atom stereocenters. The zero-order valence-corrected chi connectivity index (χ0v) is 14.5.